The molecule has 0 atom stereocenters. The third-order valence-electron chi connectivity index (χ3n) is 2.94. The molecule has 0 aliphatic heterocycles. The number of H-pyrrole nitrogens is 1. The van der Waals surface area contributed by atoms with Crippen LogP contribution in [0.4, 0.5) is 19.0 Å². The summed E-state index contributed by atoms with van der Waals surface area (Å²) in [7, 11) is 0. The van der Waals surface area contributed by atoms with Crippen molar-refractivity contribution in [3.05, 3.63) is 17.6 Å². The minimum atomic E-state index is -4.58. The van der Waals surface area contributed by atoms with Gasteiger partial charge < -0.3 is 15.0 Å². The van der Waals surface area contributed by atoms with Crippen molar-refractivity contribution in [2.24, 2.45) is 0 Å². The normalized spacial score (nSPS) is 12.3. The Morgan fingerprint density at radius 3 is 2.68 bits per heavy atom. The molecule has 22 heavy (non-hydrogen) atoms. The molecule has 122 valence electrons. The second kappa shape index (κ2) is 6.51. The van der Waals surface area contributed by atoms with Gasteiger partial charge in [-0.15, -0.1) is 0 Å². The van der Waals surface area contributed by atoms with E-state index in [9.17, 15) is 13.2 Å². The van der Waals surface area contributed by atoms with Crippen LogP contribution in [0.1, 0.15) is 31.8 Å². The standard InChI is InChI=1S/C14H19F3N4O/c1-8(2)22-6-4-5-18-11-10-7-9(3)19-12(10)21-13(20-11)14(15,16)17/h7-8H,4-6H2,1-3H3,(H2,18,19,20,21). The molecule has 8 heteroatoms. The molecule has 2 aromatic rings. The number of aromatic nitrogens is 3. The topological polar surface area (TPSA) is 62.8 Å². The van der Waals surface area contributed by atoms with Crippen LogP contribution in [0, 0.1) is 6.92 Å². The Kier molecular flexibility index (Phi) is 4.90. The molecule has 2 rings (SSSR count). The summed E-state index contributed by atoms with van der Waals surface area (Å²) in [6, 6.07) is 1.72. The highest BCUT2D eigenvalue weighted by atomic mass is 19.4. The fourth-order valence-electron chi connectivity index (χ4n) is 2.00. The van der Waals surface area contributed by atoms with Gasteiger partial charge in [-0.3, -0.25) is 0 Å². The molecule has 5 nitrogen and oxygen atoms in total. The van der Waals surface area contributed by atoms with Gasteiger partial charge in [0, 0.05) is 18.8 Å². The highest BCUT2D eigenvalue weighted by molar-refractivity contribution is 5.87. The van der Waals surface area contributed by atoms with Crippen LogP contribution < -0.4 is 5.32 Å². The summed E-state index contributed by atoms with van der Waals surface area (Å²) in [4.78, 5) is 9.96. The summed E-state index contributed by atoms with van der Waals surface area (Å²) in [5.41, 5.74) is 0.913. The van der Waals surface area contributed by atoms with E-state index in [-0.39, 0.29) is 17.6 Å². The van der Waals surface area contributed by atoms with E-state index in [1.54, 1.807) is 13.0 Å². The predicted molar refractivity (Wildman–Crippen MR) is 77.8 cm³/mol. The van der Waals surface area contributed by atoms with E-state index < -0.39 is 12.0 Å². The smallest absolute Gasteiger partial charge is 0.379 e. The molecule has 2 heterocycles. The number of nitrogens with one attached hydrogen (secondary N) is 2. The van der Waals surface area contributed by atoms with Gasteiger partial charge in [-0.2, -0.15) is 13.2 Å². The molecule has 0 fully saturated rings. The van der Waals surface area contributed by atoms with Gasteiger partial charge >= 0.3 is 6.18 Å². The van der Waals surface area contributed by atoms with Crippen LogP contribution in [-0.4, -0.2) is 34.2 Å². The molecule has 0 aromatic carbocycles. The summed E-state index contributed by atoms with van der Waals surface area (Å²) in [5.74, 6) is -0.964. The Hall–Kier alpha value is -1.83. The lowest BCUT2D eigenvalue weighted by Gasteiger charge is -2.11. The maximum atomic E-state index is 12.8. The van der Waals surface area contributed by atoms with Crippen molar-refractivity contribution < 1.29 is 17.9 Å². The summed E-state index contributed by atoms with van der Waals surface area (Å²) in [5, 5.41) is 3.49. The van der Waals surface area contributed by atoms with Gasteiger partial charge in [-0.25, -0.2) is 9.97 Å². The van der Waals surface area contributed by atoms with Crippen LogP contribution in [0.15, 0.2) is 6.07 Å². The van der Waals surface area contributed by atoms with Crippen molar-refractivity contribution in [3.63, 3.8) is 0 Å². The molecule has 2 aromatic heterocycles. The first-order valence-electron chi connectivity index (χ1n) is 7.07. The van der Waals surface area contributed by atoms with Crippen LogP contribution in [0.5, 0.6) is 0 Å². The third kappa shape index (κ3) is 4.09. The first kappa shape index (κ1) is 16.5. The van der Waals surface area contributed by atoms with E-state index >= 15 is 0 Å². The van der Waals surface area contributed by atoms with Crippen LogP contribution in [0.2, 0.25) is 0 Å². The predicted octanol–water partition coefficient (Wildman–Crippen LogP) is 3.51. The van der Waals surface area contributed by atoms with Gasteiger partial charge in [0.05, 0.1) is 11.5 Å². The van der Waals surface area contributed by atoms with Crippen LogP contribution in [0.25, 0.3) is 11.0 Å². The number of halogens is 3. The van der Waals surface area contributed by atoms with Gasteiger partial charge in [0.25, 0.3) is 0 Å². The molecule has 0 amide bonds. The number of aromatic amines is 1. The van der Waals surface area contributed by atoms with Crippen molar-refractivity contribution in [2.45, 2.75) is 39.5 Å². The Labute approximate surface area is 126 Å². The molecule has 0 aliphatic rings. The summed E-state index contributed by atoms with van der Waals surface area (Å²) < 4.78 is 43.9. The van der Waals surface area contributed by atoms with Gasteiger partial charge in [0.15, 0.2) is 0 Å². The third-order valence-corrected chi connectivity index (χ3v) is 2.94. The van der Waals surface area contributed by atoms with Gasteiger partial charge in [0.1, 0.15) is 11.5 Å². The minimum Gasteiger partial charge on any atom is -0.379 e. The molecule has 0 spiro atoms. The first-order chi connectivity index (χ1) is 10.3. The van der Waals surface area contributed by atoms with E-state index in [0.717, 1.165) is 5.69 Å². The molecule has 0 aliphatic carbocycles. The van der Waals surface area contributed by atoms with Crippen LogP contribution >= 0.6 is 0 Å². The largest absolute Gasteiger partial charge is 0.451 e. The lowest BCUT2D eigenvalue weighted by atomic mass is 10.3. The van der Waals surface area contributed by atoms with E-state index in [1.807, 2.05) is 13.8 Å². The zero-order valence-corrected chi connectivity index (χ0v) is 12.7. The maximum Gasteiger partial charge on any atom is 0.451 e. The second-order valence-corrected chi connectivity index (χ2v) is 5.31. The highest BCUT2D eigenvalue weighted by Gasteiger charge is 2.35. The summed E-state index contributed by atoms with van der Waals surface area (Å²) in [6.07, 6.45) is -3.77. The van der Waals surface area contributed by atoms with Crippen molar-refractivity contribution in [2.75, 3.05) is 18.5 Å². The highest BCUT2D eigenvalue weighted by Crippen LogP contribution is 2.30. The van der Waals surface area contributed by atoms with E-state index in [1.165, 1.54) is 0 Å². The first-order valence-corrected chi connectivity index (χ1v) is 7.07. The summed E-state index contributed by atoms with van der Waals surface area (Å²) in [6.45, 7) is 6.63. The number of anilines is 1. The van der Waals surface area contributed by atoms with Crippen molar-refractivity contribution in [1.82, 2.24) is 15.0 Å². The Balaban J connectivity index is 2.16. The number of alkyl halides is 3. The number of nitrogens with zero attached hydrogens (tertiary/aromatic N) is 2. The zero-order chi connectivity index (χ0) is 16.3. The number of aryl methyl sites for hydroxylation is 1. The number of hydrogen-bond donors (Lipinski definition) is 2. The van der Waals surface area contributed by atoms with Crippen LogP contribution in [0.3, 0.4) is 0 Å². The number of fused-ring (bicyclic) bond motifs is 1. The van der Waals surface area contributed by atoms with E-state index in [4.69, 9.17) is 4.74 Å². The molecule has 0 saturated heterocycles. The average Bonchev–Trinajstić information content (AvgIpc) is 2.77. The Morgan fingerprint density at radius 2 is 2.05 bits per heavy atom. The van der Waals surface area contributed by atoms with Crippen LogP contribution in [-0.2, 0) is 10.9 Å². The van der Waals surface area contributed by atoms with Gasteiger partial charge in [0.2, 0.25) is 5.82 Å². The second-order valence-electron chi connectivity index (χ2n) is 5.31. The molecular weight excluding hydrogens is 297 g/mol. The SMILES string of the molecule is Cc1cc2c(NCCCOC(C)C)nc(C(F)(F)F)nc2[nH]1. The van der Waals surface area contributed by atoms with E-state index in [2.05, 4.69) is 20.3 Å². The lowest BCUT2D eigenvalue weighted by Crippen LogP contribution is -2.15. The monoisotopic (exact) mass is 316 g/mol. The van der Waals surface area contributed by atoms with Crippen molar-refractivity contribution in [1.29, 1.82) is 0 Å². The van der Waals surface area contributed by atoms with Crippen molar-refractivity contribution in [3.8, 4) is 0 Å². The maximum absolute atomic E-state index is 12.8. The van der Waals surface area contributed by atoms with Gasteiger partial charge in [-0.1, -0.05) is 0 Å². The van der Waals surface area contributed by atoms with Crippen molar-refractivity contribution >= 4 is 16.9 Å². The number of rotatable bonds is 6. The quantitative estimate of drug-likeness (QED) is 0.801. The van der Waals surface area contributed by atoms with E-state index in [0.29, 0.717) is 25.0 Å². The average molecular weight is 316 g/mol. The number of hydrogen-bond acceptors (Lipinski definition) is 4. The molecule has 0 unspecified atom stereocenters. The molecule has 0 radical (unpaired) electrons. The Bertz CT molecular complexity index is 637. The molecular formula is C14H19F3N4O. The molecule has 2 N–H and O–H groups in total. The summed E-state index contributed by atoms with van der Waals surface area (Å²) >= 11 is 0. The number of ether oxygens (including phenoxy) is 1. The minimum absolute atomic E-state index is 0.134. The molecule has 0 bridgehead atoms. The Morgan fingerprint density at radius 1 is 1.32 bits per heavy atom. The lowest BCUT2D eigenvalue weighted by molar-refractivity contribution is -0.144. The fourth-order valence-corrected chi connectivity index (χ4v) is 2.00. The van der Waals surface area contributed by atoms with Gasteiger partial charge in [-0.05, 0) is 33.3 Å². The molecule has 0 saturated carbocycles. The zero-order valence-electron chi connectivity index (χ0n) is 12.7. The fraction of sp³-hybridized carbons (Fsp3) is 0.571.